The first kappa shape index (κ1) is 20.4. The lowest BCUT2D eigenvalue weighted by Gasteiger charge is -2.23. The van der Waals surface area contributed by atoms with E-state index in [1.807, 2.05) is 18.9 Å². The first-order valence-corrected chi connectivity index (χ1v) is 9.74. The number of benzene rings is 1. The number of halogens is 1. The monoisotopic (exact) mass is 358 g/mol. The van der Waals surface area contributed by atoms with Crippen LogP contribution in [0.2, 0.25) is 0 Å². The molecule has 0 radical (unpaired) electrons. The molecular formula is C16H27FN4O2S. The number of nitrogens with one attached hydrogen (secondary N) is 1. The van der Waals surface area contributed by atoms with Crippen molar-refractivity contribution in [1.29, 1.82) is 0 Å². The predicted molar refractivity (Wildman–Crippen MR) is 95.9 cm³/mol. The minimum Gasteiger partial charge on any atom is -0.356 e. The van der Waals surface area contributed by atoms with E-state index < -0.39 is 10.0 Å². The first-order valence-electron chi connectivity index (χ1n) is 7.89. The zero-order valence-corrected chi connectivity index (χ0v) is 15.6. The van der Waals surface area contributed by atoms with Gasteiger partial charge in [0.05, 0.1) is 6.26 Å². The molecule has 0 bridgehead atoms. The second-order valence-electron chi connectivity index (χ2n) is 5.56. The largest absolute Gasteiger partial charge is 0.356 e. The van der Waals surface area contributed by atoms with Crippen LogP contribution in [0, 0.1) is 5.82 Å². The summed E-state index contributed by atoms with van der Waals surface area (Å²) in [7, 11) is 0.442. The van der Waals surface area contributed by atoms with Crippen LogP contribution < -0.4 is 5.32 Å². The second kappa shape index (κ2) is 9.58. The quantitative estimate of drug-likeness (QED) is 0.435. The van der Waals surface area contributed by atoms with Gasteiger partial charge in [-0.1, -0.05) is 19.1 Å². The molecule has 6 nitrogen and oxygen atoms in total. The number of nitrogens with zero attached hydrogens (tertiary/aromatic N) is 3. The Morgan fingerprint density at radius 1 is 1.29 bits per heavy atom. The minimum atomic E-state index is -3.15. The van der Waals surface area contributed by atoms with Gasteiger partial charge in [0.1, 0.15) is 5.82 Å². The number of rotatable bonds is 8. The molecular weight excluding hydrogens is 331 g/mol. The molecule has 0 atom stereocenters. The van der Waals surface area contributed by atoms with Crippen LogP contribution >= 0.6 is 0 Å². The number of guanidine groups is 1. The molecule has 0 aliphatic heterocycles. The molecule has 0 unspecified atom stereocenters. The highest BCUT2D eigenvalue weighted by Gasteiger charge is 2.13. The van der Waals surface area contributed by atoms with E-state index in [0.29, 0.717) is 38.6 Å². The maximum absolute atomic E-state index is 12.9. The fourth-order valence-corrected chi connectivity index (χ4v) is 3.27. The van der Waals surface area contributed by atoms with E-state index in [0.717, 1.165) is 5.56 Å². The Labute approximate surface area is 144 Å². The van der Waals surface area contributed by atoms with Gasteiger partial charge in [0, 0.05) is 40.3 Å². The van der Waals surface area contributed by atoms with E-state index in [9.17, 15) is 12.8 Å². The number of sulfonamides is 1. The van der Waals surface area contributed by atoms with Gasteiger partial charge in [0.15, 0.2) is 5.96 Å². The molecule has 1 aromatic carbocycles. The second-order valence-corrected chi connectivity index (χ2v) is 7.55. The van der Waals surface area contributed by atoms with E-state index in [1.165, 1.54) is 22.7 Å². The van der Waals surface area contributed by atoms with Crippen LogP contribution in [-0.2, 0) is 16.6 Å². The smallest absolute Gasteiger partial charge is 0.211 e. The molecule has 0 amide bonds. The molecule has 24 heavy (non-hydrogen) atoms. The summed E-state index contributed by atoms with van der Waals surface area (Å²) in [6, 6.07) is 6.35. The van der Waals surface area contributed by atoms with Gasteiger partial charge < -0.3 is 10.2 Å². The zero-order valence-electron chi connectivity index (χ0n) is 14.8. The molecule has 0 aliphatic rings. The van der Waals surface area contributed by atoms with Gasteiger partial charge in [-0.2, -0.15) is 0 Å². The van der Waals surface area contributed by atoms with Crippen molar-refractivity contribution in [2.45, 2.75) is 19.9 Å². The summed E-state index contributed by atoms with van der Waals surface area (Å²) in [5.74, 6) is 0.456. The van der Waals surface area contributed by atoms with Gasteiger partial charge in [-0.15, -0.1) is 0 Å². The molecule has 0 saturated heterocycles. The Kier molecular flexibility index (Phi) is 8.14. The van der Waals surface area contributed by atoms with Gasteiger partial charge in [0.2, 0.25) is 10.0 Å². The summed E-state index contributed by atoms with van der Waals surface area (Å²) >= 11 is 0. The highest BCUT2D eigenvalue weighted by Crippen LogP contribution is 2.06. The summed E-state index contributed by atoms with van der Waals surface area (Å²) in [5.41, 5.74) is 0.982. The molecule has 0 spiro atoms. The van der Waals surface area contributed by atoms with Crippen LogP contribution in [-0.4, -0.2) is 63.6 Å². The fraction of sp³-hybridized carbons (Fsp3) is 0.562. The average molecular weight is 358 g/mol. The van der Waals surface area contributed by atoms with Crippen LogP contribution in [0.1, 0.15) is 18.9 Å². The summed E-state index contributed by atoms with van der Waals surface area (Å²) in [6.07, 6.45) is 1.91. The fourth-order valence-electron chi connectivity index (χ4n) is 2.34. The molecule has 0 heterocycles. The molecule has 0 aromatic heterocycles. The van der Waals surface area contributed by atoms with Crippen molar-refractivity contribution in [3.8, 4) is 0 Å². The first-order chi connectivity index (χ1) is 11.3. The Morgan fingerprint density at radius 3 is 2.42 bits per heavy atom. The van der Waals surface area contributed by atoms with Crippen LogP contribution in [0.25, 0.3) is 0 Å². The summed E-state index contributed by atoms with van der Waals surface area (Å²) in [4.78, 5) is 6.14. The maximum Gasteiger partial charge on any atom is 0.211 e. The van der Waals surface area contributed by atoms with Gasteiger partial charge in [0.25, 0.3) is 0 Å². The third-order valence-corrected chi connectivity index (χ3v) is 4.97. The van der Waals surface area contributed by atoms with E-state index in [1.54, 1.807) is 19.2 Å². The van der Waals surface area contributed by atoms with Crippen LogP contribution in [0.4, 0.5) is 4.39 Å². The van der Waals surface area contributed by atoms with Crippen molar-refractivity contribution < 1.29 is 12.8 Å². The molecule has 0 saturated carbocycles. The van der Waals surface area contributed by atoms with Crippen molar-refractivity contribution in [3.05, 3.63) is 35.6 Å². The maximum atomic E-state index is 12.9. The Hall–Kier alpha value is -1.67. The SMILES string of the molecule is CCN(CCCNC(=NC)N(C)Cc1ccc(F)cc1)S(C)(=O)=O. The highest BCUT2D eigenvalue weighted by molar-refractivity contribution is 7.88. The summed E-state index contributed by atoms with van der Waals surface area (Å²) < 4.78 is 37.4. The minimum absolute atomic E-state index is 0.254. The van der Waals surface area contributed by atoms with Gasteiger partial charge in [-0.05, 0) is 24.1 Å². The Balaban J connectivity index is 2.45. The van der Waals surface area contributed by atoms with Crippen molar-refractivity contribution in [2.75, 3.05) is 40.0 Å². The summed E-state index contributed by atoms with van der Waals surface area (Å²) in [6.45, 7) is 3.99. The molecule has 8 heteroatoms. The average Bonchev–Trinajstić information content (AvgIpc) is 2.51. The molecule has 0 aliphatic carbocycles. The Bertz CT molecular complexity index is 632. The van der Waals surface area contributed by atoms with Gasteiger partial charge in [-0.3, -0.25) is 4.99 Å². The predicted octanol–water partition coefficient (Wildman–Crippen LogP) is 1.50. The third kappa shape index (κ3) is 6.84. The third-order valence-electron chi connectivity index (χ3n) is 3.60. The van der Waals surface area contributed by atoms with E-state index in [-0.39, 0.29) is 5.82 Å². The van der Waals surface area contributed by atoms with Crippen molar-refractivity contribution in [1.82, 2.24) is 14.5 Å². The molecule has 0 fully saturated rings. The number of hydrogen-bond acceptors (Lipinski definition) is 3. The van der Waals surface area contributed by atoms with Crippen molar-refractivity contribution in [3.63, 3.8) is 0 Å². The van der Waals surface area contributed by atoms with Gasteiger partial charge >= 0.3 is 0 Å². The molecule has 1 rings (SSSR count). The highest BCUT2D eigenvalue weighted by atomic mass is 32.2. The van der Waals surface area contributed by atoms with Crippen molar-refractivity contribution in [2.24, 2.45) is 4.99 Å². The van der Waals surface area contributed by atoms with Crippen molar-refractivity contribution >= 4 is 16.0 Å². The lowest BCUT2D eigenvalue weighted by atomic mass is 10.2. The van der Waals surface area contributed by atoms with E-state index in [4.69, 9.17) is 0 Å². The lowest BCUT2D eigenvalue weighted by Crippen LogP contribution is -2.40. The van der Waals surface area contributed by atoms with Gasteiger partial charge in [-0.25, -0.2) is 17.1 Å². The van der Waals surface area contributed by atoms with E-state index in [2.05, 4.69) is 10.3 Å². The molecule has 1 aromatic rings. The normalized spacial score (nSPS) is 12.5. The topological polar surface area (TPSA) is 65.0 Å². The number of hydrogen-bond donors (Lipinski definition) is 1. The standard InChI is InChI=1S/C16H27FN4O2S/c1-5-21(24(4,22)23)12-6-11-19-16(18-2)20(3)13-14-7-9-15(17)10-8-14/h7-10H,5-6,11-13H2,1-4H3,(H,18,19). The lowest BCUT2D eigenvalue weighted by molar-refractivity contribution is 0.419. The molecule has 1 N–H and O–H groups in total. The Morgan fingerprint density at radius 2 is 1.92 bits per heavy atom. The zero-order chi connectivity index (χ0) is 18.2. The van der Waals surface area contributed by atoms with E-state index >= 15 is 0 Å². The van der Waals surface area contributed by atoms with Crippen LogP contribution in [0.5, 0.6) is 0 Å². The number of aliphatic imine (C=N–C) groups is 1. The molecule has 136 valence electrons. The van der Waals surface area contributed by atoms with Crippen LogP contribution in [0.15, 0.2) is 29.3 Å². The van der Waals surface area contributed by atoms with Crippen LogP contribution in [0.3, 0.4) is 0 Å². The summed E-state index contributed by atoms with van der Waals surface area (Å²) in [5, 5.41) is 3.21.